The van der Waals surface area contributed by atoms with Crippen LogP contribution < -0.4 is 9.84 Å². The van der Waals surface area contributed by atoms with Crippen molar-refractivity contribution in [1.82, 2.24) is 9.80 Å². The number of nitrogens with zero attached hydrogens (tertiary/aromatic N) is 2. The highest BCUT2D eigenvalue weighted by atomic mass is 19.3. The van der Waals surface area contributed by atoms with Gasteiger partial charge in [-0.1, -0.05) is 0 Å². The molecule has 0 bridgehead atoms. The number of hydrogen-bond donors (Lipinski definition) is 0. The third-order valence-corrected chi connectivity index (χ3v) is 3.74. The molecule has 1 saturated heterocycles. The number of rotatable bonds is 5. The zero-order chi connectivity index (χ0) is 17.0. The van der Waals surface area contributed by atoms with Gasteiger partial charge in [-0.25, -0.2) is 8.78 Å². The number of carbonyl (C=O) groups is 1. The monoisotopic (exact) mass is 327 g/mol. The van der Waals surface area contributed by atoms with E-state index < -0.39 is 12.5 Å². The molecule has 1 aromatic carbocycles. The summed E-state index contributed by atoms with van der Waals surface area (Å²) in [5.41, 5.74) is 0.696. The van der Waals surface area contributed by atoms with Gasteiger partial charge in [0.05, 0.1) is 0 Å². The molecule has 128 valence electrons. The molecular weight excluding hydrogens is 306 g/mol. The molecule has 1 fully saturated rings. The average Bonchev–Trinajstić information content (AvgIpc) is 2.46. The van der Waals surface area contributed by atoms with Gasteiger partial charge in [-0.3, -0.25) is 0 Å². The van der Waals surface area contributed by atoms with Crippen LogP contribution >= 0.6 is 0 Å². The molecular formula is C16H21F2N2O3-. The maximum absolute atomic E-state index is 13.0. The van der Waals surface area contributed by atoms with Crippen molar-refractivity contribution in [3.8, 4) is 5.75 Å². The van der Waals surface area contributed by atoms with Crippen LogP contribution in [0.5, 0.6) is 5.75 Å². The SMILES string of the molecule is CN(C)Cc1cc(OC2CCN(C(=O)[O-])CC2)cc(C(F)F)c1. The molecule has 1 aromatic rings. The number of ether oxygens (including phenoxy) is 1. The molecule has 0 aliphatic carbocycles. The summed E-state index contributed by atoms with van der Waals surface area (Å²) >= 11 is 0. The van der Waals surface area contributed by atoms with E-state index in [2.05, 4.69) is 0 Å². The summed E-state index contributed by atoms with van der Waals surface area (Å²) in [7, 11) is 3.73. The number of carboxylic acid groups (broad SMARTS) is 1. The first-order valence-corrected chi connectivity index (χ1v) is 7.54. The van der Waals surface area contributed by atoms with Crippen molar-refractivity contribution in [3.05, 3.63) is 29.3 Å². The van der Waals surface area contributed by atoms with Gasteiger partial charge in [0.15, 0.2) is 0 Å². The minimum Gasteiger partial charge on any atom is -0.530 e. The van der Waals surface area contributed by atoms with Crippen molar-refractivity contribution in [2.45, 2.75) is 31.9 Å². The Hall–Kier alpha value is -1.89. The van der Waals surface area contributed by atoms with Gasteiger partial charge < -0.3 is 24.4 Å². The number of carbonyl (C=O) groups excluding carboxylic acids is 1. The van der Waals surface area contributed by atoms with Gasteiger partial charge in [0.25, 0.3) is 6.43 Å². The molecule has 23 heavy (non-hydrogen) atoms. The summed E-state index contributed by atoms with van der Waals surface area (Å²) in [6.07, 6.45) is -2.87. The molecule has 0 spiro atoms. The summed E-state index contributed by atoms with van der Waals surface area (Å²) in [5, 5.41) is 10.8. The van der Waals surface area contributed by atoms with Crippen LogP contribution in [-0.2, 0) is 6.54 Å². The van der Waals surface area contributed by atoms with E-state index in [1.54, 1.807) is 6.07 Å². The second-order valence-electron chi connectivity index (χ2n) is 6.02. The Bertz CT molecular complexity index is 544. The summed E-state index contributed by atoms with van der Waals surface area (Å²) in [5.74, 6) is 0.409. The van der Waals surface area contributed by atoms with E-state index in [1.807, 2.05) is 19.0 Å². The fraction of sp³-hybridized carbons (Fsp3) is 0.562. The van der Waals surface area contributed by atoms with Crippen LogP contribution in [0.15, 0.2) is 18.2 Å². The lowest BCUT2D eigenvalue weighted by Crippen LogP contribution is -2.47. The summed E-state index contributed by atoms with van der Waals surface area (Å²) in [6, 6.07) is 4.60. The van der Waals surface area contributed by atoms with Gasteiger partial charge >= 0.3 is 0 Å². The lowest BCUT2D eigenvalue weighted by atomic mass is 10.1. The first-order valence-electron chi connectivity index (χ1n) is 7.54. The highest BCUT2D eigenvalue weighted by molar-refractivity contribution is 5.62. The molecule has 0 radical (unpaired) electrons. The summed E-state index contributed by atoms with van der Waals surface area (Å²) in [4.78, 5) is 13.9. The van der Waals surface area contributed by atoms with Crippen LogP contribution in [-0.4, -0.2) is 49.2 Å². The van der Waals surface area contributed by atoms with E-state index in [0.29, 0.717) is 38.2 Å². The second kappa shape index (κ2) is 7.59. The molecule has 0 saturated carbocycles. The third-order valence-electron chi connectivity index (χ3n) is 3.74. The predicted octanol–water partition coefficient (Wildman–Crippen LogP) is 1.87. The average molecular weight is 327 g/mol. The number of piperidine rings is 1. The lowest BCUT2D eigenvalue weighted by Gasteiger charge is -2.33. The van der Waals surface area contributed by atoms with Gasteiger partial charge in [0.2, 0.25) is 0 Å². The Kier molecular flexibility index (Phi) is 5.76. The topological polar surface area (TPSA) is 55.8 Å². The number of benzene rings is 1. The van der Waals surface area contributed by atoms with Gasteiger partial charge in [0.1, 0.15) is 17.9 Å². The van der Waals surface area contributed by atoms with E-state index in [9.17, 15) is 18.7 Å². The Morgan fingerprint density at radius 1 is 1.35 bits per heavy atom. The Morgan fingerprint density at radius 2 is 2.00 bits per heavy atom. The van der Waals surface area contributed by atoms with E-state index >= 15 is 0 Å². The van der Waals surface area contributed by atoms with E-state index in [0.717, 1.165) is 5.56 Å². The first-order chi connectivity index (χ1) is 10.8. The molecule has 0 unspecified atom stereocenters. The van der Waals surface area contributed by atoms with Gasteiger partial charge in [-0.15, -0.1) is 0 Å². The van der Waals surface area contributed by atoms with Crippen LogP contribution in [0.25, 0.3) is 0 Å². The van der Waals surface area contributed by atoms with Crippen LogP contribution in [0.1, 0.15) is 30.4 Å². The highest BCUT2D eigenvalue weighted by Crippen LogP contribution is 2.28. The largest absolute Gasteiger partial charge is 0.530 e. The molecule has 5 nitrogen and oxygen atoms in total. The van der Waals surface area contributed by atoms with Crippen LogP contribution in [0.4, 0.5) is 13.6 Å². The second-order valence-corrected chi connectivity index (χ2v) is 6.02. The lowest BCUT2D eigenvalue weighted by molar-refractivity contribution is -0.266. The van der Waals surface area contributed by atoms with E-state index in [4.69, 9.17) is 4.74 Å². The molecule has 0 N–H and O–H groups in total. The predicted molar refractivity (Wildman–Crippen MR) is 79.4 cm³/mol. The fourth-order valence-electron chi connectivity index (χ4n) is 2.69. The Balaban J connectivity index is 2.07. The molecule has 7 heteroatoms. The minimum absolute atomic E-state index is 0.0634. The molecule has 0 aromatic heterocycles. The van der Waals surface area contributed by atoms with E-state index in [1.165, 1.54) is 17.0 Å². The number of likely N-dealkylation sites (tertiary alicyclic amines) is 1. The van der Waals surface area contributed by atoms with Crippen LogP contribution in [0.2, 0.25) is 0 Å². The zero-order valence-corrected chi connectivity index (χ0v) is 13.3. The maximum atomic E-state index is 13.0. The van der Waals surface area contributed by atoms with Crippen molar-refractivity contribution in [1.29, 1.82) is 0 Å². The quantitative estimate of drug-likeness (QED) is 0.828. The van der Waals surface area contributed by atoms with Crippen LogP contribution in [0, 0.1) is 0 Å². The molecule has 1 amide bonds. The first kappa shape index (κ1) is 17.5. The van der Waals surface area contributed by atoms with Crippen molar-refractivity contribution in [2.75, 3.05) is 27.2 Å². The minimum atomic E-state index is -2.56. The van der Waals surface area contributed by atoms with Crippen molar-refractivity contribution in [3.63, 3.8) is 0 Å². The molecule has 0 atom stereocenters. The van der Waals surface area contributed by atoms with Gasteiger partial charge in [-0.05, 0) is 37.9 Å². The molecule has 1 heterocycles. The van der Waals surface area contributed by atoms with E-state index in [-0.39, 0.29) is 11.7 Å². The summed E-state index contributed by atoms with van der Waals surface area (Å²) < 4.78 is 31.9. The van der Waals surface area contributed by atoms with Gasteiger partial charge in [-0.2, -0.15) is 0 Å². The highest BCUT2D eigenvalue weighted by Gasteiger charge is 2.21. The Labute approximate surface area is 134 Å². The van der Waals surface area contributed by atoms with Crippen molar-refractivity contribution >= 4 is 6.09 Å². The molecule has 1 aliphatic rings. The van der Waals surface area contributed by atoms with Gasteiger partial charge in [0, 0.05) is 38.0 Å². The number of amides is 1. The summed E-state index contributed by atoms with van der Waals surface area (Å²) in [6.45, 7) is 1.22. The zero-order valence-electron chi connectivity index (χ0n) is 13.3. The fourth-order valence-corrected chi connectivity index (χ4v) is 2.69. The smallest absolute Gasteiger partial charge is 0.263 e. The normalized spacial score (nSPS) is 16.2. The standard InChI is InChI=1S/C16H22F2N2O3/c1-19(2)10-11-7-12(15(17)18)9-14(8-11)23-13-3-5-20(6-4-13)16(21)22/h7-9,13,15H,3-6,10H2,1-2H3,(H,21,22)/p-1. The third kappa shape index (κ3) is 5.06. The van der Waals surface area contributed by atoms with Crippen molar-refractivity contribution in [2.24, 2.45) is 0 Å². The molecule has 2 rings (SSSR count). The number of halogens is 2. The van der Waals surface area contributed by atoms with Crippen LogP contribution in [0.3, 0.4) is 0 Å². The Morgan fingerprint density at radius 3 is 2.52 bits per heavy atom. The van der Waals surface area contributed by atoms with Crippen molar-refractivity contribution < 1.29 is 23.4 Å². The number of hydrogen-bond acceptors (Lipinski definition) is 4. The maximum Gasteiger partial charge on any atom is 0.263 e. The molecule has 1 aliphatic heterocycles. The number of alkyl halides is 2.